The van der Waals surface area contributed by atoms with Crippen LogP contribution in [0, 0.1) is 0 Å². The molecule has 2 fully saturated rings. The second-order valence-corrected chi connectivity index (χ2v) is 6.49. The molecule has 23 heavy (non-hydrogen) atoms. The minimum Gasteiger partial charge on any atom is -0.352 e. The molecule has 1 heterocycles. The van der Waals surface area contributed by atoms with E-state index in [2.05, 4.69) is 10.6 Å². The van der Waals surface area contributed by atoms with Crippen LogP contribution in [0.2, 0.25) is 0 Å². The van der Waals surface area contributed by atoms with E-state index >= 15 is 0 Å². The average molecular weight is 315 g/mol. The molecule has 2 N–H and O–H groups in total. The lowest BCUT2D eigenvalue weighted by Gasteiger charge is -2.25. The highest BCUT2D eigenvalue weighted by Crippen LogP contribution is 2.21. The summed E-state index contributed by atoms with van der Waals surface area (Å²) in [5.74, 6) is 0.0178. The Morgan fingerprint density at radius 3 is 2.52 bits per heavy atom. The lowest BCUT2D eigenvalue weighted by Crippen LogP contribution is -2.51. The first-order valence-corrected chi connectivity index (χ1v) is 8.63. The van der Waals surface area contributed by atoms with Crippen molar-refractivity contribution in [2.45, 2.75) is 57.2 Å². The van der Waals surface area contributed by atoms with E-state index < -0.39 is 0 Å². The first-order valence-electron chi connectivity index (χ1n) is 8.63. The van der Waals surface area contributed by atoms with Gasteiger partial charge in [0.25, 0.3) is 0 Å². The van der Waals surface area contributed by atoms with Gasteiger partial charge in [-0.3, -0.25) is 4.79 Å². The maximum atomic E-state index is 12.5. The smallest absolute Gasteiger partial charge is 0.318 e. The quantitative estimate of drug-likeness (QED) is 0.896. The number of rotatable bonds is 4. The van der Waals surface area contributed by atoms with Crippen LogP contribution in [0.3, 0.4) is 0 Å². The zero-order valence-corrected chi connectivity index (χ0v) is 13.5. The standard InChI is InChI=1S/C18H25N3O2/c22-17(20-15-9-4-5-10-15)16-11-6-12-21(16)18(23)19-13-14-7-2-1-3-8-14/h1-3,7-8,15-16H,4-6,9-13H2,(H,19,23)(H,20,22)/t16-/m1/s1. The van der Waals surface area contributed by atoms with Crippen molar-refractivity contribution in [1.82, 2.24) is 15.5 Å². The number of hydrogen-bond acceptors (Lipinski definition) is 2. The molecule has 2 aliphatic rings. The second kappa shape index (κ2) is 7.49. The van der Waals surface area contributed by atoms with Gasteiger partial charge in [-0.1, -0.05) is 43.2 Å². The van der Waals surface area contributed by atoms with E-state index in [0.29, 0.717) is 19.1 Å². The number of nitrogens with one attached hydrogen (secondary N) is 2. The summed E-state index contributed by atoms with van der Waals surface area (Å²) in [6, 6.07) is 9.67. The molecule has 0 unspecified atom stereocenters. The maximum Gasteiger partial charge on any atom is 0.318 e. The Balaban J connectivity index is 1.52. The molecule has 5 heteroatoms. The number of carbonyl (C=O) groups is 2. The third-order valence-corrected chi connectivity index (χ3v) is 4.80. The lowest BCUT2D eigenvalue weighted by molar-refractivity contribution is -0.125. The third kappa shape index (κ3) is 4.03. The fourth-order valence-corrected chi connectivity index (χ4v) is 3.52. The van der Waals surface area contributed by atoms with Crippen LogP contribution in [0.5, 0.6) is 0 Å². The van der Waals surface area contributed by atoms with Gasteiger partial charge in [-0.25, -0.2) is 4.79 Å². The van der Waals surface area contributed by atoms with Gasteiger partial charge >= 0.3 is 6.03 Å². The van der Waals surface area contributed by atoms with E-state index in [9.17, 15) is 9.59 Å². The molecule has 1 saturated heterocycles. The second-order valence-electron chi connectivity index (χ2n) is 6.49. The summed E-state index contributed by atoms with van der Waals surface area (Å²) in [5, 5.41) is 6.05. The van der Waals surface area contributed by atoms with Gasteiger partial charge in [0.05, 0.1) is 0 Å². The Bertz CT molecular complexity index is 540. The largest absolute Gasteiger partial charge is 0.352 e. The van der Waals surface area contributed by atoms with Crippen LogP contribution in [0.1, 0.15) is 44.1 Å². The van der Waals surface area contributed by atoms with E-state index in [1.54, 1.807) is 4.90 Å². The molecule has 1 atom stereocenters. The van der Waals surface area contributed by atoms with E-state index in [4.69, 9.17) is 0 Å². The van der Waals surface area contributed by atoms with Gasteiger partial charge in [-0.2, -0.15) is 0 Å². The van der Waals surface area contributed by atoms with E-state index in [1.807, 2.05) is 30.3 Å². The molecule has 3 amide bonds. The minimum atomic E-state index is -0.314. The molecule has 5 nitrogen and oxygen atoms in total. The van der Waals surface area contributed by atoms with Crippen LogP contribution in [0.25, 0.3) is 0 Å². The number of carbonyl (C=O) groups excluding carboxylic acids is 2. The van der Waals surface area contributed by atoms with Gasteiger partial charge in [-0.15, -0.1) is 0 Å². The van der Waals surface area contributed by atoms with E-state index in [1.165, 1.54) is 12.8 Å². The summed E-state index contributed by atoms with van der Waals surface area (Å²) >= 11 is 0. The van der Waals surface area contributed by atoms with Crippen molar-refractivity contribution in [2.75, 3.05) is 6.54 Å². The Hall–Kier alpha value is -2.04. The number of benzene rings is 1. The fourth-order valence-electron chi connectivity index (χ4n) is 3.52. The molecule has 0 radical (unpaired) electrons. The highest BCUT2D eigenvalue weighted by atomic mass is 16.2. The Morgan fingerprint density at radius 1 is 1.04 bits per heavy atom. The summed E-state index contributed by atoms with van der Waals surface area (Å²) < 4.78 is 0. The van der Waals surface area contributed by atoms with E-state index in [-0.39, 0.29) is 18.0 Å². The van der Waals surface area contributed by atoms with E-state index in [0.717, 1.165) is 31.2 Å². The fraction of sp³-hybridized carbons (Fsp3) is 0.556. The number of amides is 3. The molecular weight excluding hydrogens is 290 g/mol. The van der Waals surface area contributed by atoms with Crippen molar-refractivity contribution in [1.29, 1.82) is 0 Å². The normalized spacial score (nSPS) is 21.4. The monoisotopic (exact) mass is 315 g/mol. The first kappa shape index (κ1) is 15.8. The molecule has 0 aromatic heterocycles. The molecule has 124 valence electrons. The van der Waals surface area contributed by atoms with Crippen LogP contribution in [0.4, 0.5) is 4.79 Å². The molecule has 0 spiro atoms. The van der Waals surface area contributed by atoms with Crippen molar-refractivity contribution in [3.05, 3.63) is 35.9 Å². The highest BCUT2D eigenvalue weighted by molar-refractivity contribution is 5.87. The molecule has 1 saturated carbocycles. The lowest BCUT2D eigenvalue weighted by atomic mass is 10.1. The Morgan fingerprint density at radius 2 is 1.78 bits per heavy atom. The molecule has 0 bridgehead atoms. The number of hydrogen-bond donors (Lipinski definition) is 2. The summed E-state index contributed by atoms with van der Waals surface area (Å²) in [6.07, 6.45) is 6.17. The summed E-state index contributed by atoms with van der Waals surface area (Å²) in [4.78, 5) is 26.6. The van der Waals surface area contributed by atoms with Gasteiger partial charge in [0.2, 0.25) is 5.91 Å². The molecule has 1 aromatic carbocycles. The van der Waals surface area contributed by atoms with Gasteiger partial charge < -0.3 is 15.5 Å². The van der Waals surface area contributed by atoms with Crippen LogP contribution in [-0.2, 0) is 11.3 Å². The van der Waals surface area contributed by atoms with Gasteiger partial charge in [-0.05, 0) is 31.2 Å². The van der Waals surface area contributed by atoms with Crippen molar-refractivity contribution in [3.8, 4) is 0 Å². The first-order chi connectivity index (χ1) is 11.2. The maximum absolute atomic E-state index is 12.5. The predicted octanol–water partition coefficient (Wildman–Crippen LogP) is 2.42. The molecular formula is C18H25N3O2. The minimum absolute atomic E-state index is 0.0178. The average Bonchev–Trinajstić information content (AvgIpc) is 3.24. The van der Waals surface area contributed by atoms with Crippen LogP contribution in [-0.4, -0.2) is 35.5 Å². The molecule has 1 aliphatic carbocycles. The number of nitrogens with zero attached hydrogens (tertiary/aromatic N) is 1. The predicted molar refractivity (Wildman–Crippen MR) is 88.8 cm³/mol. The molecule has 1 aromatic rings. The van der Waals surface area contributed by atoms with Crippen molar-refractivity contribution in [2.24, 2.45) is 0 Å². The van der Waals surface area contributed by atoms with Crippen molar-refractivity contribution >= 4 is 11.9 Å². The van der Waals surface area contributed by atoms with Crippen LogP contribution >= 0.6 is 0 Å². The van der Waals surface area contributed by atoms with Crippen molar-refractivity contribution in [3.63, 3.8) is 0 Å². The van der Waals surface area contributed by atoms with Gasteiger partial charge in [0, 0.05) is 19.1 Å². The topological polar surface area (TPSA) is 61.4 Å². The van der Waals surface area contributed by atoms with Crippen LogP contribution < -0.4 is 10.6 Å². The number of likely N-dealkylation sites (tertiary alicyclic amines) is 1. The van der Waals surface area contributed by atoms with Crippen molar-refractivity contribution < 1.29 is 9.59 Å². The molecule has 3 rings (SSSR count). The zero-order chi connectivity index (χ0) is 16.1. The van der Waals surface area contributed by atoms with Gasteiger partial charge in [0.1, 0.15) is 6.04 Å². The van der Waals surface area contributed by atoms with Gasteiger partial charge in [0.15, 0.2) is 0 Å². The van der Waals surface area contributed by atoms with Crippen LogP contribution in [0.15, 0.2) is 30.3 Å². The molecule has 1 aliphatic heterocycles. The SMILES string of the molecule is O=C(NC1CCCC1)[C@H]1CCCN1C(=O)NCc1ccccc1. The Kier molecular flexibility index (Phi) is 5.16. The Labute approximate surface area is 137 Å². The zero-order valence-electron chi connectivity index (χ0n) is 13.5. The highest BCUT2D eigenvalue weighted by Gasteiger charge is 2.35. The number of urea groups is 1. The third-order valence-electron chi connectivity index (χ3n) is 4.80. The summed E-state index contributed by atoms with van der Waals surface area (Å²) in [5.41, 5.74) is 1.06. The summed E-state index contributed by atoms with van der Waals surface area (Å²) in [7, 11) is 0. The summed E-state index contributed by atoms with van der Waals surface area (Å²) in [6.45, 7) is 1.15.